The molecule has 3 rings (SSSR count). The van der Waals surface area contributed by atoms with Gasteiger partial charge in [-0.15, -0.1) is 11.3 Å². The smallest absolute Gasteiger partial charge is 0.225 e. The van der Waals surface area contributed by atoms with Gasteiger partial charge < -0.3 is 9.64 Å². The molecular formula is C12H14ClN3OS. The minimum absolute atomic E-state index is 0.155. The SMILES string of the molecule is CC1(C)CN(c2nc(Cl)nc3sccc23)CCO1. The van der Waals surface area contributed by atoms with Gasteiger partial charge in [0.1, 0.15) is 10.6 Å². The molecule has 96 valence electrons. The van der Waals surface area contributed by atoms with Gasteiger partial charge in [-0.05, 0) is 36.9 Å². The molecule has 0 bridgehead atoms. The summed E-state index contributed by atoms with van der Waals surface area (Å²) < 4.78 is 5.73. The van der Waals surface area contributed by atoms with Gasteiger partial charge in [0.15, 0.2) is 0 Å². The van der Waals surface area contributed by atoms with Crippen molar-refractivity contribution in [1.29, 1.82) is 0 Å². The summed E-state index contributed by atoms with van der Waals surface area (Å²) in [5, 5.41) is 3.40. The van der Waals surface area contributed by atoms with E-state index in [1.165, 1.54) is 0 Å². The zero-order valence-corrected chi connectivity index (χ0v) is 11.9. The first kappa shape index (κ1) is 12.1. The second kappa shape index (κ2) is 4.33. The van der Waals surface area contributed by atoms with Gasteiger partial charge in [-0.25, -0.2) is 4.98 Å². The topological polar surface area (TPSA) is 38.2 Å². The van der Waals surface area contributed by atoms with E-state index < -0.39 is 0 Å². The Morgan fingerprint density at radius 1 is 1.44 bits per heavy atom. The number of anilines is 1. The summed E-state index contributed by atoms with van der Waals surface area (Å²) in [6.45, 7) is 6.53. The Kier molecular flexibility index (Phi) is 2.92. The van der Waals surface area contributed by atoms with E-state index >= 15 is 0 Å². The molecule has 6 heteroatoms. The monoisotopic (exact) mass is 283 g/mol. The number of fused-ring (bicyclic) bond motifs is 1. The van der Waals surface area contributed by atoms with E-state index in [2.05, 4.69) is 28.7 Å². The quantitative estimate of drug-likeness (QED) is 0.754. The second-order valence-corrected chi connectivity index (χ2v) is 6.22. The van der Waals surface area contributed by atoms with Crippen LogP contribution in [0.1, 0.15) is 13.8 Å². The molecule has 4 nitrogen and oxygen atoms in total. The molecule has 0 unspecified atom stereocenters. The molecule has 0 atom stereocenters. The van der Waals surface area contributed by atoms with Crippen LogP contribution in [0.4, 0.5) is 5.82 Å². The van der Waals surface area contributed by atoms with Gasteiger partial charge in [-0.3, -0.25) is 0 Å². The summed E-state index contributed by atoms with van der Waals surface area (Å²) >= 11 is 7.58. The van der Waals surface area contributed by atoms with Crippen molar-refractivity contribution in [2.24, 2.45) is 0 Å². The molecule has 2 aromatic heterocycles. The number of halogens is 1. The Hall–Kier alpha value is -0.910. The number of rotatable bonds is 1. The Bertz CT molecular complexity index is 584. The van der Waals surface area contributed by atoms with Crippen LogP contribution in [-0.4, -0.2) is 35.3 Å². The number of thiophene rings is 1. The molecule has 0 spiro atoms. The minimum atomic E-state index is -0.155. The first-order valence-corrected chi connectivity index (χ1v) is 7.11. The van der Waals surface area contributed by atoms with Crippen LogP contribution in [0, 0.1) is 0 Å². The van der Waals surface area contributed by atoms with Crippen LogP contribution in [0.5, 0.6) is 0 Å². The van der Waals surface area contributed by atoms with E-state index in [1.807, 2.05) is 11.4 Å². The molecule has 0 aromatic carbocycles. The minimum Gasteiger partial charge on any atom is -0.372 e. The standard InChI is InChI=1S/C12H14ClN3OS/c1-12(2)7-16(4-5-17-12)9-8-3-6-18-10(8)15-11(13)14-9/h3,6H,4-5,7H2,1-2H3. The maximum atomic E-state index is 6.00. The van der Waals surface area contributed by atoms with Crippen molar-refractivity contribution in [2.45, 2.75) is 19.4 Å². The van der Waals surface area contributed by atoms with Gasteiger partial charge in [-0.2, -0.15) is 4.98 Å². The lowest BCUT2D eigenvalue weighted by Crippen LogP contribution is -2.48. The van der Waals surface area contributed by atoms with Crippen LogP contribution >= 0.6 is 22.9 Å². The van der Waals surface area contributed by atoms with Crippen molar-refractivity contribution in [3.8, 4) is 0 Å². The van der Waals surface area contributed by atoms with Crippen LogP contribution in [-0.2, 0) is 4.74 Å². The van der Waals surface area contributed by atoms with E-state index in [-0.39, 0.29) is 5.60 Å². The molecule has 1 fully saturated rings. The summed E-state index contributed by atoms with van der Waals surface area (Å²) in [5.74, 6) is 0.919. The summed E-state index contributed by atoms with van der Waals surface area (Å²) in [4.78, 5) is 11.8. The predicted molar refractivity (Wildman–Crippen MR) is 74.7 cm³/mol. The maximum Gasteiger partial charge on any atom is 0.225 e. The molecule has 1 aliphatic rings. The Morgan fingerprint density at radius 2 is 2.28 bits per heavy atom. The molecule has 2 aromatic rings. The Labute approximate surface area is 115 Å². The normalized spacial score (nSPS) is 19.4. The fourth-order valence-corrected chi connectivity index (χ4v) is 3.23. The highest BCUT2D eigenvalue weighted by atomic mass is 35.5. The van der Waals surface area contributed by atoms with Gasteiger partial charge >= 0.3 is 0 Å². The zero-order valence-electron chi connectivity index (χ0n) is 10.3. The highest BCUT2D eigenvalue weighted by Crippen LogP contribution is 2.31. The van der Waals surface area contributed by atoms with E-state index in [0.29, 0.717) is 11.9 Å². The molecule has 0 aliphatic carbocycles. The van der Waals surface area contributed by atoms with Crippen LogP contribution in [0.3, 0.4) is 0 Å². The Balaban J connectivity index is 2.05. The van der Waals surface area contributed by atoms with E-state index in [0.717, 1.165) is 29.1 Å². The average Bonchev–Trinajstić information content (AvgIpc) is 2.74. The van der Waals surface area contributed by atoms with Crippen molar-refractivity contribution in [3.63, 3.8) is 0 Å². The first-order chi connectivity index (χ1) is 8.55. The third-order valence-corrected chi connectivity index (χ3v) is 3.98. The number of nitrogens with zero attached hydrogens (tertiary/aromatic N) is 3. The number of morpholine rings is 1. The van der Waals surface area contributed by atoms with E-state index in [4.69, 9.17) is 16.3 Å². The summed E-state index contributed by atoms with van der Waals surface area (Å²) in [5.41, 5.74) is -0.155. The van der Waals surface area contributed by atoms with Gasteiger partial charge in [-0.1, -0.05) is 0 Å². The molecule has 0 saturated carbocycles. The molecule has 18 heavy (non-hydrogen) atoms. The number of hydrogen-bond acceptors (Lipinski definition) is 5. The van der Waals surface area contributed by atoms with E-state index in [1.54, 1.807) is 11.3 Å². The molecule has 0 N–H and O–H groups in total. The van der Waals surface area contributed by atoms with Crippen LogP contribution in [0.25, 0.3) is 10.2 Å². The van der Waals surface area contributed by atoms with Crippen molar-refractivity contribution in [3.05, 3.63) is 16.7 Å². The highest BCUT2D eigenvalue weighted by Gasteiger charge is 2.29. The van der Waals surface area contributed by atoms with Gasteiger partial charge in [0, 0.05) is 13.1 Å². The lowest BCUT2D eigenvalue weighted by molar-refractivity contribution is -0.0278. The van der Waals surface area contributed by atoms with Crippen LogP contribution in [0.2, 0.25) is 5.28 Å². The molecule has 1 aliphatic heterocycles. The molecule has 3 heterocycles. The van der Waals surface area contributed by atoms with Crippen LogP contribution < -0.4 is 4.90 Å². The fourth-order valence-electron chi connectivity index (χ4n) is 2.25. The highest BCUT2D eigenvalue weighted by molar-refractivity contribution is 7.16. The molecule has 0 radical (unpaired) electrons. The van der Waals surface area contributed by atoms with Crippen molar-refractivity contribution < 1.29 is 4.74 Å². The number of aromatic nitrogens is 2. The van der Waals surface area contributed by atoms with Crippen LogP contribution in [0.15, 0.2) is 11.4 Å². The molecule has 0 amide bonds. The lowest BCUT2D eigenvalue weighted by atomic mass is 10.1. The van der Waals surface area contributed by atoms with Crippen molar-refractivity contribution in [1.82, 2.24) is 9.97 Å². The molecule has 1 saturated heterocycles. The summed E-state index contributed by atoms with van der Waals surface area (Å²) in [6.07, 6.45) is 0. The lowest BCUT2D eigenvalue weighted by Gasteiger charge is -2.38. The Morgan fingerprint density at radius 3 is 3.06 bits per heavy atom. The fraction of sp³-hybridized carbons (Fsp3) is 0.500. The third-order valence-electron chi connectivity index (χ3n) is 3.00. The maximum absolute atomic E-state index is 6.00. The van der Waals surface area contributed by atoms with E-state index in [9.17, 15) is 0 Å². The first-order valence-electron chi connectivity index (χ1n) is 5.85. The molecular weight excluding hydrogens is 270 g/mol. The number of ether oxygens (including phenoxy) is 1. The zero-order chi connectivity index (χ0) is 12.8. The summed E-state index contributed by atoms with van der Waals surface area (Å²) in [6, 6.07) is 2.05. The largest absolute Gasteiger partial charge is 0.372 e. The average molecular weight is 284 g/mol. The third kappa shape index (κ3) is 2.18. The predicted octanol–water partition coefficient (Wildman–Crippen LogP) is 2.96. The van der Waals surface area contributed by atoms with Crippen molar-refractivity contribution in [2.75, 3.05) is 24.6 Å². The van der Waals surface area contributed by atoms with Gasteiger partial charge in [0.05, 0.1) is 17.6 Å². The van der Waals surface area contributed by atoms with Gasteiger partial charge in [0.25, 0.3) is 0 Å². The second-order valence-electron chi connectivity index (χ2n) is 4.99. The number of hydrogen-bond donors (Lipinski definition) is 0. The van der Waals surface area contributed by atoms with Crippen molar-refractivity contribution >= 4 is 39.0 Å². The van der Waals surface area contributed by atoms with Gasteiger partial charge in [0.2, 0.25) is 5.28 Å². The summed E-state index contributed by atoms with van der Waals surface area (Å²) in [7, 11) is 0.